The lowest BCUT2D eigenvalue weighted by Crippen LogP contribution is -2.29. The molecule has 5 aromatic rings. The van der Waals surface area contributed by atoms with E-state index in [1.807, 2.05) is 76.2 Å². The van der Waals surface area contributed by atoms with E-state index in [1.54, 1.807) is 37.8 Å². The summed E-state index contributed by atoms with van der Waals surface area (Å²) >= 11 is 7.84. The maximum Gasteiger partial charge on any atom is 0.339 e. The highest BCUT2D eigenvalue weighted by molar-refractivity contribution is 7.22. The first kappa shape index (κ1) is 29.6. The third-order valence-corrected chi connectivity index (χ3v) is 7.94. The zero-order chi connectivity index (χ0) is 30.0. The van der Waals surface area contributed by atoms with Gasteiger partial charge in [-0.3, -0.25) is 0 Å². The van der Waals surface area contributed by atoms with Gasteiger partial charge < -0.3 is 14.2 Å². The molecular formula is C33H32ClN3O4S. The van der Waals surface area contributed by atoms with Crippen LogP contribution in [-0.4, -0.2) is 40.2 Å². The summed E-state index contributed by atoms with van der Waals surface area (Å²) in [6.07, 6.45) is 2.55. The second-order valence-electron chi connectivity index (χ2n) is 10.8. The third kappa shape index (κ3) is 6.31. The van der Waals surface area contributed by atoms with Gasteiger partial charge in [0.15, 0.2) is 6.10 Å². The average Bonchev–Trinajstić information content (AvgIpc) is 3.39. The molecule has 1 atom stereocenters. The minimum absolute atomic E-state index is 0.251. The summed E-state index contributed by atoms with van der Waals surface area (Å²) in [5.74, 6) is -0.427. The van der Waals surface area contributed by atoms with Crippen molar-refractivity contribution in [2.45, 2.75) is 46.3 Å². The number of halogens is 1. The van der Waals surface area contributed by atoms with Crippen LogP contribution in [0.1, 0.15) is 44.9 Å². The highest BCUT2D eigenvalue weighted by Gasteiger charge is 2.33. The molecule has 0 aliphatic carbocycles. The molecule has 0 aliphatic heterocycles. The molecule has 216 valence electrons. The molecule has 0 N–H and O–H groups in total. The third-order valence-electron chi connectivity index (χ3n) is 6.55. The van der Waals surface area contributed by atoms with E-state index in [9.17, 15) is 4.79 Å². The molecule has 0 saturated heterocycles. The van der Waals surface area contributed by atoms with E-state index in [0.29, 0.717) is 11.0 Å². The molecule has 7 nitrogen and oxygen atoms in total. The van der Waals surface area contributed by atoms with Gasteiger partial charge in [-0.1, -0.05) is 41.9 Å². The van der Waals surface area contributed by atoms with E-state index in [1.165, 1.54) is 0 Å². The van der Waals surface area contributed by atoms with E-state index in [4.69, 9.17) is 30.8 Å². The van der Waals surface area contributed by atoms with Crippen LogP contribution in [-0.2, 0) is 14.3 Å². The molecular weight excluding hydrogens is 570 g/mol. The first-order chi connectivity index (χ1) is 20.1. The first-order valence-corrected chi connectivity index (χ1v) is 14.8. The van der Waals surface area contributed by atoms with E-state index in [-0.39, 0.29) is 6.61 Å². The summed E-state index contributed by atoms with van der Waals surface area (Å²) in [5, 5.41) is 1.47. The number of benzene rings is 3. The summed E-state index contributed by atoms with van der Waals surface area (Å²) in [6.45, 7) is 9.82. The fourth-order valence-electron chi connectivity index (χ4n) is 4.77. The Morgan fingerprint density at radius 2 is 1.67 bits per heavy atom. The number of hydrogen-bond donors (Lipinski definition) is 0. The number of rotatable bonds is 8. The molecule has 9 heteroatoms. The lowest BCUT2D eigenvalue weighted by Gasteiger charge is -2.29. The highest BCUT2D eigenvalue weighted by Crippen LogP contribution is 2.45. The van der Waals surface area contributed by atoms with Gasteiger partial charge in [0, 0.05) is 39.7 Å². The van der Waals surface area contributed by atoms with Gasteiger partial charge in [-0.05, 0) is 75.6 Å². The van der Waals surface area contributed by atoms with Gasteiger partial charge >= 0.3 is 12.0 Å². The molecule has 0 radical (unpaired) electrons. The molecule has 3 aromatic carbocycles. The van der Waals surface area contributed by atoms with Crippen molar-refractivity contribution in [1.82, 2.24) is 15.0 Å². The van der Waals surface area contributed by atoms with Gasteiger partial charge in [-0.25, -0.2) is 19.7 Å². The number of nitrogens with zero attached hydrogens (tertiary/aromatic N) is 3. The van der Waals surface area contributed by atoms with Crippen LogP contribution < -0.4 is 4.74 Å². The van der Waals surface area contributed by atoms with Crippen molar-refractivity contribution < 1.29 is 19.0 Å². The Morgan fingerprint density at radius 1 is 0.976 bits per heavy atom. The topological polar surface area (TPSA) is 83.4 Å². The fraction of sp³-hybridized carbons (Fsp3) is 0.273. The Labute approximate surface area is 254 Å². The maximum atomic E-state index is 13.4. The molecule has 0 saturated carbocycles. The van der Waals surface area contributed by atoms with E-state index in [0.717, 1.165) is 54.2 Å². The number of ether oxygens (including phenoxy) is 3. The summed E-state index contributed by atoms with van der Waals surface area (Å²) in [4.78, 5) is 26.9. The molecule has 2 heterocycles. The summed E-state index contributed by atoms with van der Waals surface area (Å²) in [7, 11) is 1.54. The van der Waals surface area contributed by atoms with E-state index in [2.05, 4.69) is 16.0 Å². The normalized spacial score (nSPS) is 12.4. The predicted molar refractivity (Wildman–Crippen MR) is 168 cm³/mol. The van der Waals surface area contributed by atoms with Crippen LogP contribution in [0, 0.1) is 6.92 Å². The van der Waals surface area contributed by atoms with Gasteiger partial charge in [-0.15, -0.1) is 11.3 Å². The quantitative estimate of drug-likeness (QED) is 0.165. The van der Waals surface area contributed by atoms with E-state index < -0.39 is 17.7 Å². The predicted octanol–water partition coefficient (Wildman–Crippen LogP) is 8.48. The smallest absolute Gasteiger partial charge is 0.339 e. The molecule has 2 aromatic heterocycles. The van der Waals surface area contributed by atoms with Gasteiger partial charge in [0.25, 0.3) is 0 Å². The average molecular weight is 602 g/mol. The van der Waals surface area contributed by atoms with Crippen molar-refractivity contribution >= 4 is 39.1 Å². The van der Waals surface area contributed by atoms with Crippen LogP contribution in [0.3, 0.4) is 0 Å². The van der Waals surface area contributed by atoms with Gasteiger partial charge in [0.2, 0.25) is 0 Å². The van der Waals surface area contributed by atoms with Crippen molar-refractivity contribution in [3.8, 4) is 38.8 Å². The molecule has 5 rings (SSSR count). The van der Waals surface area contributed by atoms with Crippen LogP contribution in [0.5, 0.6) is 6.01 Å². The Kier molecular flexibility index (Phi) is 8.59. The molecule has 0 spiro atoms. The number of fused-ring (bicyclic) bond motifs is 1. The molecule has 0 amide bonds. The van der Waals surface area contributed by atoms with Gasteiger partial charge in [0.05, 0.1) is 29.5 Å². The van der Waals surface area contributed by atoms with Crippen molar-refractivity contribution in [2.75, 3.05) is 13.7 Å². The zero-order valence-corrected chi connectivity index (χ0v) is 26.0. The first-order valence-electron chi connectivity index (χ1n) is 13.6. The van der Waals surface area contributed by atoms with E-state index >= 15 is 0 Å². The van der Waals surface area contributed by atoms with Crippen molar-refractivity contribution in [3.05, 3.63) is 83.1 Å². The second-order valence-corrected chi connectivity index (χ2v) is 12.2. The number of thiazole rings is 1. The van der Waals surface area contributed by atoms with Crippen LogP contribution in [0.25, 0.3) is 43.0 Å². The second kappa shape index (κ2) is 12.2. The molecule has 0 aliphatic rings. The van der Waals surface area contributed by atoms with Crippen LogP contribution >= 0.6 is 22.9 Å². The Balaban J connectivity index is 1.71. The molecule has 0 fully saturated rings. The minimum Gasteiger partial charge on any atom is -0.467 e. The highest BCUT2D eigenvalue weighted by atomic mass is 35.5. The number of carbonyl (C=O) groups excluding carboxylic acids is 1. The monoisotopic (exact) mass is 601 g/mol. The number of aryl methyl sites for hydroxylation is 1. The lowest BCUT2D eigenvalue weighted by atomic mass is 9.91. The van der Waals surface area contributed by atoms with Gasteiger partial charge in [0.1, 0.15) is 5.01 Å². The van der Waals surface area contributed by atoms with Crippen LogP contribution in [0.2, 0.25) is 5.02 Å². The summed E-state index contributed by atoms with van der Waals surface area (Å²) in [5.41, 5.74) is 6.47. The SMILES string of the molecule is CCOC(=O)C(OC(C)(C)C)c1c(C)cc2nc(-c3cccc(-c4cnc(OC)nc4)c3)sc2c1-c1ccc(Cl)cc1. The number of hydrogen-bond acceptors (Lipinski definition) is 8. The lowest BCUT2D eigenvalue weighted by molar-refractivity contribution is -0.166. The zero-order valence-electron chi connectivity index (χ0n) is 24.4. The fourth-order valence-corrected chi connectivity index (χ4v) is 6.02. The van der Waals surface area contributed by atoms with Crippen molar-refractivity contribution in [3.63, 3.8) is 0 Å². The minimum atomic E-state index is -0.927. The van der Waals surface area contributed by atoms with Crippen molar-refractivity contribution in [2.24, 2.45) is 0 Å². The summed E-state index contributed by atoms with van der Waals surface area (Å²) < 4.78 is 17.9. The Bertz CT molecular complexity index is 1730. The van der Waals surface area contributed by atoms with Crippen LogP contribution in [0.4, 0.5) is 0 Å². The summed E-state index contributed by atoms with van der Waals surface area (Å²) in [6, 6.07) is 18.1. The number of esters is 1. The van der Waals surface area contributed by atoms with Crippen molar-refractivity contribution in [1.29, 1.82) is 0 Å². The molecule has 0 bridgehead atoms. The standard InChI is InChI=1S/C33H32ClN3O4S/c1-7-40-31(38)28(41-33(3,4)5)26-19(2)15-25-29(27(26)20-11-13-24(34)14-12-20)42-30(37-25)22-10-8-9-21(16-22)23-17-35-32(39-6)36-18-23/h8-18,28H,7H2,1-6H3. The Hall–Kier alpha value is -3.85. The van der Waals surface area contributed by atoms with Gasteiger partial charge in [-0.2, -0.15) is 0 Å². The molecule has 42 heavy (non-hydrogen) atoms. The number of methoxy groups -OCH3 is 1. The largest absolute Gasteiger partial charge is 0.467 e. The Morgan fingerprint density at radius 3 is 2.31 bits per heavy atom. The van der Waals surface area contributed by atoms with Crippen LogP contribution in [0.15, 0.2) is 67.0 Å². The number of carbonyl (C=O) groups is 1. The molecule has 1 unspecified atom stereocenters. The number of aromatic nitrogens is 3. The maximum absolute atomic E-state index is 13.4.